The van der Waals surface area contributed by atoms with Gasteiger partial charge in [-0.15, -0.1) is 11.6 Å². The van der Waals surface area contributed by atoms with E-state index in [1.165, 1.54) is 12.1 Å². The first kappa shape index (κ1) is 17.4. The van der Waals surface area contributed by atoms with Crippen LogP contribution < -0.4 is 4.72 Å². The lowest BCUT2D eigenvalue weighted by Crippen LogP contribution is -2.29. The first-order valence-corrected chi connectivity index (χ1v) is 10.0. The maximum atomic E-state index is 11.7. The molecular weight excluding hydrogens is 322 g/mol. The van der Waals surface area contributed by atoms with E-state index in [4.69, 9.17) is 11.6 Å². The molecule has 1 atom stereocenters. The first-order chi connectivity index (χ1) is 9.14. The molecule has 0 saturated heterocycles. The van der Waals surface area contributed by atoms with Gasteiger partial charge in [0, 0.05) is 18.7 Å². The molecule has 20 heavy (non-hydrogen) atoms. The number of benzene rings is 1. The van der Waals surface area contributed by atoms with E-state index in [1.54, 1.807) is 19.1 Å². The third kappa shape index (κ3) is 5.78. The van der Waals surface area contributed by atoms with Crippen LogP contribution in [0.4, 0.5) is 0 Å². The summed E-state index contributed by atoms with van der Waals surface area (Å²) in [6, 6.07) is 6.09. The van der Waals surface area contributed by atoms with Gasteiger partial charge in [0.05, 0.1) is 10.6 Å². The minimum absolute atomic E-state index is 0.0298. The largest absolute Gasteiger partial charge is 0.224 e. The molecule has 0 aromatic heterocycles. The van der Waals surface area contributed by atoms with Crippen LogP contribution in [-0.2, 0) is 26.4 Å². The minimum atomic E-state index is -3.38. The highest BCUT2D eigenvalue weighted by molar-refractivity contribution is 7.90. The zero-order chi connectivity index (χ0) is 15.4. The molecule has 0 aliphatic rings. The molecule has 0 aliphatic carbocycles. The summed E-state index contributed by atoms with van der Waals surface area (Å²) >= 11 is 5.59. The van der Waals surface area contributed by atoms with Crippen molar-refractivity contribution < 1.29 is 16.8 Å². The topological polar surface area (TPSA) is 80.3 Å². The number of rotatable bonds is 7. The van der Waals surface area contributed by atoms with Gasteiger partial charge in [0.1, 0.15) is 0 Å². The Balaban J connectivity index is 2.67. The van der Waals surface area contributed by atoms with Crippen molar-refractivity contribution in [2.45, 2.75) is 18.4 Å². The maximum absolute atomic E-state index is 11.7. The quantitative estimate of drug-likeness (QED) is 0.761. The number of hydrogen-bond donors (Lipinski definition) is 1. The molecule has 0 bridgehead atoms. The molecule has 1 N–H and O–H groups in total. The summed E-state index contributed by atoms with van der Waals surface area (Å²) in [5.74, 6) is 0.129. The molecule has 0 saturated carbocycles. The van der Waals surface area contributed by atoms with Gasteiger partial charge in [-0.05, 0) is 23.6 Å². The van der Waals surface area contributed by atoms with Gasteiger partial charge in [-0.25, -0.2) is 21.6 Å². The fraction of sp³-hybridized carbons (Fsp3) is 0.500. The summed E-state index contributed by atoms with van der Waals surface area (Å²) in [5, 5.41) is 0. The zero-order valence-electron chi connectivity index (χ0n) is 11.3. The van der Waals surface area contributed by atoms with Crippen LogP contribution in [0.25, 0.3) is 0 Å². The van der Waals surface area contributed by atoms with Gasteiger partial charge in [0.25, 0.3) is 0 Å². The summed E-state index contributed by atoms with van der Waals surface area (Å²) in [5.41, 5.74) is 0.694. The fourth-order valence-corrected chi connectivity index (χ4v) is 3.77. The Morgan fingerprint density at radius 2 is 1.70 bits per heavy atom. The molecule has 0 amide bonds. The van der Waals surface area contributed by atoms with E-state index >= 15 is 0 Å². The van der Waals surface area contributed by atoms with Crippen LogP contribution in [0.1, 0.15) is 12.5 Å². The van der Waals surface area contributed by atoms with Crippen LogP contribution in [0.3, 0.4) is 0 Å². The zero-order valence-corrected chi connectivity index (χ0v) is 13.7. The van der Waals surface area contributed by atoms with Gasteiger partial charge < -0.3 is 0 Å². The SMILES string of the molecule is CC(CCl)CS(=O)(=O)NCc1ccc(S(C)(=O)=O)cc1. The molecule has 114 valence electrons. The minimum Gasteiger partial charge on any atom is -0.224 e. The predicted molar refractivity (Wildman–Crippen MR) is 80.1 cm³/mol. The lowest BCUT2D eigenvalue weighted by atomic mass is 10.2. The average molecular weight is 340 g/mol. The number of nitrogens with one attached hydrogen (secondary N) is 1. The highest BCUT2D eigenvalue weighted by Crippen LogP contribution is 2.10. The number of sulfone groups is 1. The summed E-state index contributed by atoms with van der Waals surface area (Å²) < 4.78 is 48.5. The highest BCUT2D eigenvalue weighted by atomic mass is 35.5. The van der Waals surface area contributed by atoms with Crippen LogP contribution >= 0.6 is 11.6 Å². The Morgan fingerprint density at radius 3 is 2.15 bits per heavy atom. The van der Waals surface area contributed by atoms with Crippen molar-refractivity contribution >= 4 is 31.5 Å². The van der Waals surface area contributed by atoms with E-state index in [0.29, 0.717) is 5.56 Å². The van der Waals surface area contributed by atoms with Gasteiger partial charge in [0.2, 0.25) is 10.0 Å². The van der Waals surface area contributed by atoms with Crippen molar-refractivity contribution in [3.05, 3.63) is 29.8 Å². The maximum Gasteiger partial charge on any atom is 0.212 e. The third-order valence-electron chi connectivity index (χ3n) is 2.62. The molecule has 1 aromatic rings. The Morgan fingerprint density at radius 1 is 1.15 bits per heavy atom. The normalized spacial score (nSPS) is 14.2. The van der Waals surface area contributed by atoms with Crippen LogP contribution in [0, 0.1) is 5.92 Å². The Kier molecular flexibility index (Phi) is 6.00. The average Bonchev–Trinajstić information content (AvgIpc) is 2.35. The third-order valence-corrected chi connectivity index (χ3v) is 5.86. The van der Waals surface area contributed by atoms with Crippen LogP contribution in [0.15, 0.2) is 29.2 Å². The Labute approximate surface area is 125 Å². The summed E-state index contributed by atoms with van der Waals surface area (Å²) in [6.45, 7) is 1.88. The smallest absolute Gasteiger partial charge is 0.212 e. The van der Waals surface area contributed by atoms with Crippen LogP contribution in [0.2, 0.25) is 0 Å². The fourth-order valence-electron chi connectivity index (χ4n) is 1.53. The van der Waals surface area contributed by atoms with Gasteiger partial charge in [-0.1, -0.05) is 19.1 Å². The predicted octanol–water partition coefficient (Wildman–Crippen LogP) is 1.38. The van der Waals surface area contributed by atoms with Crippen molar-refractivity contribution in [3.8, 4) is 0 Å². The molecule has 1 aromatic carbocycles. The van der Waals surface area contributed by atoms with Crippen molar-refractivity contribution in [2.75, 3.05) is 17.9 Å². The second-order valence-electron chi connectivity index (χ2n) is 4.78. The Bertz CT molecular complexity index is 639. The summed E-state index contributed by atoms with van der Waals surface area (Å²) in [4.78, 5) is 0.208. The van der Waals surface area contributed by atoms with E-state index < -0.39 is 19.9 Å². The molecule has 0 fully saturated rings. The lowest BCUT2D eigenvalue weighted by molar-refractivity contribution is 0.568. The number of halogens is 1. The van der Waals surface area contributed by atoms with Gasteiger partial charge >= 0.3 is 0 Å². The molecule has 0 aliphatic heterocycles. The molecular formula is C12H18ClNO4S2. The second kappa shape index (κ2) is 6.89. The van der Waals surface area contributed by atoms with E-state index in [2.05, 4.69) is 4.72 Å². The summed E-state index contributed by atoms with van der Waals surface area (Å²) in [6.07, 6.45) is 1.12. The monoisotopic (exact) mass is 339 g/mol. The molecule has 1 unspecified atom stereocenters. The van der Waals surface area contributed by atoms with Gasteiger partial charge in [0.15, 0.2) is 9.84 Å². The molecule has 1 rings (SSSR count). The highest BCUT2D eigenvalue weighted by Gasteiger charge is 2.14. The molecule has 0 heterocycles. The number of sulfonamides is 1. The van der Waals surface area contributed by atoms with E-state index in [9.17, 15) is 16.8 Å². The molecule has 0 radical (unpaired) electrons. The van der Waals surface area contributed by atoms with E-state index in [0.717, 1.165) is 6.26 Å². The molecule has 5 nitrogen and oxygen atoms in total. The van der Waals surface area contributed by atoms with E-state index in [1.807, 2.05) is 0 Å². The first-order valence-electron chi connectivity index (χ1n) is 5.96. The summed E-state index contributed by atoms with van der Waals surface area (Å²) in [7, 11) is -6.62. The number of hydrogen-bond acceptors (Lipinski definition) is 4. The van der Waals surface area contributed by atoms with Crippen molar-refractivity contribution in [3.63, 3.8) is 0 Å². The van der Waals surface area contributed by atoms with Crippen molar-refractivity contribution in [2.24, 2.45) is 5.92 Å². The second-order valence-corrected chi connectivity index (χ2v) is 8.95. The number of alkyl halides is 1. The van der Waals surface area contributed by atoms with Crippen LogP contribution in [0.5, 0.6) is 0 Å². The molecule has 8 heteroatoms. The van der Waals surface area contributed by atoms with Crippen molar-refractivity contribution in [1.82, 2.24) is 4.72 Å². The van der Waals surface area contributed by atoms with Gasteiger partial charge in [-0.3, -0.25) is 0 Å². The molecule has 0 spiro atoms. The van der Waals surface area contributed by atoms with Crippen LogP contribution in [-0.4, -0.2) is 34.7 Å². The van der Waals surface area contributed by atoms with E-state index in [-0.39, 0.29) is 29.0 Å². The lowest BCUT2D eigenvalue weighted by Gasteiger charge is -2.10. The van der Waals surface area contributed by atoms with Gasteiger partial charge in [-0.2, -0.15) is 0 Å². The Hall–Kier alpha value is -0.630. The standard InChI is InChI=1S/C12H18ClNO4S2/c1-10(7-13)9-20(17,18)14-8-11-3-5-12(6-4-11)19(2,15)16/h3-6,10,14H,7-9H2,1-2H3. The van der Waals surface area contributed by atoms with Crippen molar-refractivity contribution in [1.29, 1.82) is 0 Å².